The summed E-state index contributed by atoms with van der Waals surface area (Å²) in [5.41, 5.74) is 1.17. The fourth-order valence-electron chi connectivity index (χ4n) is 2.01. The van der Waals surface area contributed by atoms with Crippen LogP contribution in [0.3, 0.4) is 0 Å². The van der Waals surface area contributed by atoms with Gasteiger partial charge in [-0.25, -0.2) is 4.98 Å². The predicted molar refractivity (Wildman–Crippen MR) is 57.6 cm³/mol. The molecule has 0 bridgehead atoms. The number of aliphatic hydroxyl groups excluding tert-OH is 1. The van der Waals surface area contributed by atoms with Crippen molar-refractivity contribution >= 4 is 11.3 Å². The molecule has 2 heterocycles. The van der Waals surface area contributed by atoms with E-state index in [9.17, 15) is 5.11 Å². The summed E-state index contributed by atoms with van der Waals surface area (Å²) in [4.78, 5) is 4.45. The number of nitrogens with one attached hydrogen (secondary N) is 1. The number of hydrogen-bond acceptors (Lipinski definition) is 4. The van der Waals surface area contributed by atoms with E-state index < -0.39 is 0 Å². The van der Waals surface area contributed by atoms with Gasteiger partial charge in [0.15, 0.2) is 0 Å². The van der Waals surface area contributed by atoms with E-state index in [-0.39, 0.29) is 12.0 Å². The lowest BCUT2D eigenvalue weighted by atomic mass is 9.83. The summed E-state index contributed by atoms with van der Waals surface area (Å²) in [6.07, 6.45) is 1.96. The maximum Gasteiger partial charge on any atom is 0.0897 e. The lowest BCUT2D eigenvalue weighted by Gasteiger charge is -2.24. The summed E-state index contributed by atoms with van der Waals surface area (Å²) in [5.74, 6) is 0. The van der Waals surface area contributed by atoms with Crippen LogP contribution in [0, 0.1) is 12.3 Å². The first kappa shape index (κ1) is 10.1. The minimum atomic E-state index is 0.0422. The van der Waals surface area contributed by atoms with Crippen LogP contribution < -0.4 is 5.32 Å². The highest BCUT2D eigenvalue weighted by atomic mass is 32.1. The van der Waals surface area contributed by atoms with Gasteiger partial charge in [0.1, 0.15) is 0 Å². The molecule has 0 aromatic carbocycles. The Labute approximate surface area is 88.2 Å². The van der Waals surface area contributed by atoms with Gasteiger partial charge in [0.2, 0.25) is 0 Å². The molecule has 3 nitrogen and oxygen atoms in total. The Morgan fingerprint density at radius 2 is 2.57 bits per heavy atom. The second kappa shape index (κ2) is 3.96. The maximum absolute atomic E-state index is 9.42. The van der Waals surface area contributed by atoms with Crippen molar-refractivity contribution in [3.05, 3.63) is 16.1 Å². The number of hydrogen-bond donors (Lipinski definition) is 2. The fraction of sp³-hybridized carbons (Fsp3) is 0.700. The van der Waals surface area contributed by atoms with Crippen LogP contribution in [0.25, 0.3) is 0 Å². The zero-order valence-corrected chi connectivity index (χ0v) is 9.23. The topological polar surface area (TPSA) is 45.2 Å². The Balaban J connectivity index is 2.08. The van der Waals surface area contributed by atoms with E-state index in [1.807, 2.05) is 6.92 Å². The highest BCUT2D eigenvalue weighted by Gasteiger charge is 2.33. The van der Waals surface area contributed by atoms with Gasteiger partial charge >= 0.3 is 0 Å². The zero-order valence-electron chi connectivity index (χ0n) is 8.42. The molecular weight excluding hydrogens is 196 g/mol. The molecule has 1 aromatic rings. The molecule has 14 heavy (non-hydrogen) atoms. The second-order valence-corrected chi connectivity index (χ2v) is 5.18. The van der Waals surface area contributed by atoms with Gasteiger partial charge in [-0.05, 0) is 26.3 Å². The number of aromatic nitrogens is 1. The molecule has 1 saturated heterocycles. The zero-order chi connectivity index (χ0) is 10.0. The molecule has 1 aromatic heterocycles. The van der Waals surface area contributed by atoms with Gasteiger partial charge < -0.3 is 10.4 Å². The smallest absolute Gasteiger partial charge is 0.0897 e. The molecule has 1 aliphatic heterocycles. The van der Waals surface area contributed by atoms with Crippen LogP contribution in [0.15, 0.2) is 5.38 Å². The lowest BCUT2D eigenvalue weighted by Crippen LogP contribution is -2.30. The van der Waals surface area contributed by atoms with Crippen molar-refractivity contribution in [3.63, 3.8) is 0 Å². The van der Waals surface area contributed by atoms with Gasteiger partial charge in [-0.3, -0.25) is 0 Å². The molecule has 78 valence electrons. The SMILES string of the molecule is Cc1nc(CC2(CO)CCNC2)cs1. The summed E-state index contributed by atoms with van der Waals surface area (Å²) in [6.45, 7) is 4.22. The highest BCUT2D eigenvalue weighted by molar-refractivity contribution is 7.09. The second-order valence-electron chi connectivity index (χ2n) is 4.12. The first-order valence-corrected chi connectivity index (χ1v) is 5.85. The number of thiazole rings is 1. The van der Waals surface area contributed by atoms with E-state index in [2.05, 4.69) is 15.7 Å². The molecule has 4 heteroatoms. The molecule has 1 unspecified atom stereocenters. The molecule has 2 rings (SSSR count). The average Bonchev–Trinajstić information content (AvgIpc) is 2.77. The summed E-state index contributed by atoms with van der Waals surface area (Å²) < 4.78 is 0. The van der Waals surface area contributed by atoms with Crippen molar-refractivity contribution in [2.45, 2.75) is 19.8 Å². The Hall–Kier alpha value is -0.450. The third kappa shape index (κ3) is 1.97. The standard InChI is InChI=1S/C10H16N2OS/c1-8-12-9(5-14-8)4-10(7-13)2-3-11-6-10/h5,11,13H,2-4,6-7H2,1H3. The van der Waals surface area contributed by atoms with Gasteiger partial charge in [-0.15, -0.1) is 11.3 Å². The van der Waals surface area contributed by atoms with E-state index in [1.165, 1.54) is 0 Å². The van der Waals surface area contributed by atoms with E-state index in [4.69, 9.17) is 0 Å². The molecular formula is C10H16N2OS. The molecule has 0 amide bonds. The van der Waals surface area contributed by atoms with Crippen LogP contribution in [0.5, 0.6) is 0 Å². The number of nitrogens with zero attached hydrogens (tertiary/aromatic N) is 1. The van der Waals surface area contributed by atoms with Gasteiger partial charge in [-0.2, -0.15) is 0 Å². The van der Waals surface area contributed by atoms with E-state index >= 15 is 0 Å². The first-order valence-electron chi connectivity index (χ1n) is 4.97. The first-order chi connectivity index (χ1) is 6.74. The van der Waals surface area contributed by atoms with Gasteiger partial charge in [-0.1, -0.05) is 0 Å². The maximum atomic E-state index is 9.42. The third-order valence-corrected chi connectivity index (χ3v) is 3.71. The van der Waals surface area contributed by atoms with Crippen molar-refractivity contribution in [1.29, 1.82) is 0 Å². The Kier molecular flexibility index (Phi) is 2.85. The summed E-state index contributed by atoms with van der Waals surface area (Å²) in [7, 11) is 0. The minimum Gasteiger partial charge on any atom is -0.396 e. The number of aliphatic hydroxyl groups is 1. The van der Waals surface area contributed by atoms with Crippen molar-refractivity contribution in [1.82, 2.24) is 10.3 Å². The fourth-order valence-corrected chi connectivity index (χ4v) is 2.62. The van der Waals surface area contributed by atoms with Gasteiger partial charge in [0, 0.05) is 17.3 Å². The molecule has 1 fully saturated rings. The summed E-state index contributed by atoms with van der Waals surface area (Å²) in [5, 5.41) is 15.9. The molecule has 0 radical (unpaired) electrons. The van der Waals surface area contributed by atoms with Crippen molar-refractivity contribution < 1.29 is 5.11 Å². The molecule has 1 aliphatic rings. The number of rotatable bonds is 3. The molecule has 1 atom stereocenters. The molecule has 0 aliphatic carbocycles. The van der Waals surface area contributed by atoms with Crippen LogP contribution in [-0.4, -0.2) is 29.8 Å². The minimum absolute atomic E-state index is 0.0422. The highest BCUT2D eigenvalue weighted by Crippen LogP contribution is 2.29. The van der Waals surface area contributed by atoms with Crippen LogP contribution in [0.2, 0.25) is 0 Å². The normalized spacial score (nSPS) is 27.0. The van der Waals surface area contributed by atoms with Crippen LogP contribution >= 0.6 is 11.3 Å². The quantitative estimate of drug-likeness (QED) is 0.784. The Bertz CT molecular complexity index is 305. The van der Waals surface area contributed by atoms with Gasteiger partial charge in [0.25, 0.3) is 0 Å². The summed E-state index contributed by atoms with van der Waals surface area (Å²) >= 11 is 1.68. The largest absolute Gasteiger partial charge is 0.396 e. The Morgan fingerprint density at radius 3 is 3.07 bits per heavy atom. The summed E-state index contributed by atoms with van der Waals surface area (Å²) in [6, 6.07) is 0. The lowest BCUT2D eigenvalue weighted by molar-refractivity contribution is 0.142. The molecule has 0 spiro atoms. The monoisotopic (exact) mass is 212 g/mol. The van der Waals surface area contributed by atoms with E-state index in [0.29, 0.717) is 0 Å². The van der Waals surface area contributed by atoms with Crippen molar-refractivity contribution in [3.8, 4) is 0 Å². The average molecular weight is 212 g/mol. The molecule has 2 N–H and O–H groups in total. The van der Waals surface area contributed by atoms with E-state index in [1.54, 1.807) is 11.3 Å². The van der Waals surface area contributed by atoms with Crippen LogP contribution in [-0.2, 0) is 6.42 Å². The van der Waals surface area contributed by atoms with Gasteiger partial charge in [0.05, 0.1) is 17.3 Å². The van der Waals surface area contributed by atoms with Crippen molar-refractivity contribution in [2.24, 2.45) is 5.41 Å². The van der Waals surface area contributed by atoms with Crippen LogP contribution in [0.4, 0.5) is 0 Å². The van der Waals surface area contributed by atoms with Crippen LogP contribution in [0.1, 0.15) is 17.1 Å². The van der Waals surface area contributed by atoms with E-state index in [0.717, 1.165) is 36.6 Å². The number of aryl methyl sites for hydroxylation is 1. The third-order valence-electron chi connectivity index (χ3n) is 2.89. The Morgan fingerprint density at radius 1 is 1.71 bits per heavy atom. The van der Waals surface area contributed by atoms with Crippen molar-refractivity contribution in [2.75, 3.05) is 19.7 Å². The molecule has 0 saturated carbocycles. The predicted octanol–water partition coefficient (Wildman–Crippen LogP) is 0.966.